The highest BCUT2D eigenvalue weighted by molar-refractivity contribution is 5.96. The van der Waals surface area contributed by atoms with Gasteiger partial charge in [0.1, 0.15) is 17.2 Å². The Labute approximate surface area is 179 Å². The Morgan fingerprint density at radius 3 is 2.39 bits per heavy atom. The number of rotatable bonds is 10. The van der Waals surface area contributed by atoms with Crippen LogP contribution in [0.1, 0.15) is 24.3 Å². The summed E-state index contributed by atoms with van der Waals surface area (Å²) >= 11 is 0. The van der Waals surface area contributed by atoms with E-state index in [9.17, 15) is 13.6 Å². The van der Waals surface area contributed by atoms with Crippen molar-refractivity contribution in [1.82, 2.24) is 10.3 Å². The lowest BCUT2D eigenvalue weighted by molar-refractivity contribution is 0.0996. The van der Waals surface area contributed by atoms with Crippen LogP contribution in [0.4, 0.5) is 26.0 Å². The molecule has 164 valence electrons. The van der Waals surface area contributed by atoms with Crippen molar-refractivity contribution in [3.8, 4) is 11.5 Å². The van der Waals surface area contributed by atoms with Crippen LogP contribution < -0.4 is 21.3 Å². The van der Waals surface area contributed by atoms with E-state index in [1.807, 2.05) is 24.3 Å². The average molecular weight is 429 g/mol. The quantitative estimate of drug-likeness (QED) is 0.423. The second-order valence-electron chi connectivity index (χ2n) is 6.76. The zero-order valence-corrected chi connectivity index (χ0v) is 17.4. The van der Waals surface area contributed by atoms with Crippen molar-refractivity contribution in [1.29, 1.82) is 0 Å². The van der Waals surface area contributed by atoms with Gasteiger partial charge in [0, 0.05) is 31.0 Å². The van der Waals surface area contributed by atoms with E-state index in [1.165, 1.54) is 6.07 Å². The molecular weight excluding hydrogens is 404 g/mol. The molecule has 1 amide bonds. The summed E-state index contributed by atoms with van der Waals surface area (Å²) in [6.07, 6.45) is 0. The number of halogens is 2. The number of primary amides is 1. The Hall–Kier alpha value is -3.46. The normalized spacial score (nSPS) is 10.8. The van der Waals surface area contributed by atoms with Gasteiger partial charge in [-0.3, -0.25) is 4.79 Å². The summed E-state index contributed by atoms with van der Waals surface area (Å²) in [4.78, 5) is 17.9. The maximum atomic E-state index is 14.1. The number of anilines is 3. The number of nitrogens with two attached hydrogens (primary N) is 1. The summed E-state index contributed by atoms with van der Waals surface area (Å²) in [5.41, 5.74) is 6.30. The van der Waals surface area contributed by atoms with Gasteiger partial charge in [-0.05, 0) is 49.9 Å². The van der Waals surface area contributed by atoms with Crippen LogP contribution in [-0.2, 0) is 0 Å². The Kier molecular flexibility index (Phi) is 7.19. The number of aromatic nitrogens is 1. The smallest absolute Gasteiger partial charge is 0.273 e. The molecule has 0 aliphatic rings. The molecule has 0 unspecified atom stereocenters. The van der Waals surface area contributed by atoms with Crippen molar-refractivity contribution >= 4 is 23.2 Å². The standard InChI is InChI=1S/C22H25F2N5O2/c1-3-26-12-13-29(4-2)15-10-8-14(9-11-15)27-22-19(20(25)30)28-21(31-22)18-16(23)6-5-7-17(18)24/h5-11,26-27H,3-4,12-13H2,1-2H3,(H2,25,30). The molecule has 4 N–H and O–H groups in total. The zero-order valence-electron chi connectivity index (χ0n) is 17.4. The van der Waals surface area contributed by atoms with Gasteiger partial charge in [0.25, 0.3) is 5.91 Å². The molecular formula is C22H25F2N5O2. The first-order valence-electron chi connectivity index (χ1n) is 10.0. The fourth-order valence-corrected chi connectivity index (χ4v) is 3.13. The lowest BCUT2D eigenvalue weighted by Gasteiger charge is -2.23. The molecule has 7 nitrogen and oxygen atoms in total. The number of benzene rings is 2. The Morgan fingerprint density at radius 1 is 1.13 bits per heavy atom. The molecule has 0 radical (unpaired) electrons. The third-order valence-corrected chi connectivity index (χ3v) is 4.72. The highest BCUT2D eigenvalue weighted by atomic mass is 19.1. The minimum Gasteiger partial charge on any atom is -0.419 e. The first-order valence-corrected chi connectivity index (χ1v) is 10.0. The lowest BCUT2D eigenvalue weighted by atomic mass is 10.2. The van der Waals surface area contributed by atoms with E-state index in [2.05, 4.69) is 34.4 Å². The van der Waals surface area contributed by atoms with Crippen molar-refractivity contribution in [3.05, 3.63) is 59.8 Å². The summed E-state index contributed by atoms with van der Waals surface area (Å²) in [7, 11) is 0. The number of hydrogen-bond acceptors (Lipinski definition) is 6. The highest BCUT2D eigenvalue weighted by Crippen LogP contribution is 2.31. The van der Waals surface area contributed by atoms with Crippen molar-refractivity contribution in [2.75, 3.05) is 36.4 Å². The maximum Gasteiger partial charge on any atom is 0.273 e. The van der Waals surface area contributed by atoms with Crippen molar-refractivity contribution in [3.63, 3.8) is 0 Å². The molecule has 31 heavy (non-hydrogen) atoms. The van der Waals surface area contributed by atoms with Crippen LogP contribution >= 0.6 is 0 Å². The third kappa shape index (κ3) is 5.18. The van der Waals surface area contributed by atoms with E-state index in [-0.39, 0.29) is 17.5 Å². The number of carbonyl (C=O) groups is 1. The van der Waals surface area contributed by atoms with Gasteiger partial charge >= 0.3 is 0 Å². The van der Waals surface area contributed by atoms with Gasteiger partial charge in [-0.15, -0.1) is 0 Å². The summed E-state index contributed by atoms with van der Waals surface area (Å²) in [5.74, 6) is -3.05. The second-order valence-corrected chi connectivity index (χ2v) is 6.76. The third-order valence-electron chi connectivity index (χ3n) is 4.72. The van der Waals surface area contributed by atoms with E-state index >= 15 is 0 Å². The number of nitrogens with one attached hydrogen (secondary N) is 2. The van der Waals surface area contributed by atoms with Crippen molar-refractivity contribution < 1.29 is 18.0 Å². The summed E-state index contributed by atoms with van der Waals surface area (Å²) in [5, 5.41) is 6.21. The molecule has 0 aliphatic heterocycles. The van der Waals surface area contributed by atoms with E-state index in [0.717, 1.165) is 44.0 Å². The summed E-state index contributed by atoms with van der Waals surface area (Å²) in [6.45, 7) is 7.65. The van der Waals surface area contributed by atoms with Gasteiger partial charge in [-0.25, -0.2) is 13.8 Å². The number of nitrogens with zero attached hydrogens (tertiary/aromatic N) is 2. The van der Waals surface area contributed by atoms with E-state index in [0.29, 0.717) is 5.69 Å². The van der Waals surface area contributed by atoms with Gasteiger partial charge in [0.15, 0.2) is 5.69 Å². The number of amides is 1. The minimum atomic E-state index is -0.883. The van der Waals surface area contributed by atoms with Crippen LogP contribution in [0.2, 0.25) is 0 Å². The molecule has 0 bridgehead atoms. The van der Waals surface area contributed by atoms with Crippen LogP contribution in [0.15, 0.2) is 46.9 Å². The first-order chi connectivity index (χ1) is 14.9. The van der Waals surface area contributed by atoms with Crippen LogP contribution in [-0.4, -0.2) is 37.1 Å². The number of carbonyl (C=O) groups excluding carboxylic acids is 1. The SMILES string of the molecule is CCNCCN(CC)c1ccc(Nc2oc(-c3c(F)cccc3F)nc2C(N)=O)cc1. The fraction of sp³-hybridized carbons (Fsp3) is 0.273. The largest absolute Gasteiger partial charge is 0.419 e. The van der Waals surface area contributed by atoms with Gasteiger partial charge in [0.2, 0.25) is 11.8 Å². The molecule has 1 aromatic heterocycles. The average Bonchev–Trinajstić information content (AvgIpc) is 3.15. The topological polar surface area (TPSA) is 96.4 Å². The Balaban J connectivity index is 1.84. The number of likely N-dealkylation sites (N-methyl/N-ethyl adjacent to an activating group) is 2. The molecule has 0 aliphatic carbocycles. The van der Waals surface area contributed by atoms with E-state index in [4.69, 9.17) is 10.2 Å². The lowest BCUT2D eigenvalue weighted by Crippen LogP contribution is -2.31. The molecule has 0 fully saturated rings. The molecule has 1 heterocycles. The summed E-state index contributed by atoms with van der Waals surface area (Å²) in [6, 6.07) is 10.8. The molecule has 0 saturated carbocycles. The number of oxazole rings is 1. The van der Waals surface area contributed by atoms with Crippen LogP contribution in [0, 0.1) is 11.6 Å². The molecule has 3 aromatic rings. The van der Waals surface area contributed by atoms with Gasteiger partial charge < -0.3 is 25.7 Å². The molecule has 0 atom stereocenters. The maximum absolute atomic E-state index is 14.1. The fourth-order valence-electron chi connectivity index (χ4n) is 3.13. The van der Waals surface area contributed by atoms with Crippen molar-refractivity contribution in [2.24, 2.45) is 5.73 Å². The van der Waals surface area contributed by atoms with E-state index < -0.39 is 23.1 Å². The van der Waals surface area contributed by atoms with Gasteiger partial charge in [-0.2, -0.15) is 0 Å². The van der Waals surface area contributed by atoms with E-state index in [1.54, 1.807) is 0 Å². The summed E-state index contributed by atoms with van der Waals surface area (Å²) < 4.78 is 33.6. The van der Waals surface area contributed by atoms with Crippen LogP contribution in [0.3, 0.4) is 0 Å². The van der Waals surface area contributed by atoms with Crippen LogP contribution in [0.5, 0.6) is 0 Å². The predicted molar refractivity (Wildman–Crippen MR) is 117 cm³/mol. The molecule has 3 rings (SSSR count). The monoisotopic (exact) mass is 429 g/mol. The predicted octanol–water partition coefficient (Wildman–Crippen LogP) is 3.90. The molecule has 9 heteroatoms. The highest BCUT2D eigenvalue weighted by Gasteiger charge is 2.23. The molecule has 2 aromatic carbocycles. The molecule has 0 saturated heterocycles. The van der Waals surface area contributed by atoms with Gasteiger partial charge in [-0.1, -0.05) is 13.0 Å². The Morgan fingerprint density at radius 2 is 1.81 bits per heavy atom. The Bertz CT molecular complexity index is 1020. The van der Waals surface area contributed by atoms with Crippen molar-refractivity contribution in [2.45, 2.75) is 13.8 Å². The van der Waals surface area contributed by atoms with Gasteiger partial charge in [0.05, 0.1) is 0 Å². The second kappa shape index (κ2) is 10.0. The zero-order chi connectivity index (χ0) is 22.4. The van der Waals surface area contributed by atoms with Crippen LogP contribution in [0.25, 0.3) is 11.5 Å². The minimum absolute atomic E-state index is 0.0857. The first kappa shape index (κ1) is 22.2. The molecule has 0 spiro atoms. The number of hydrogen-bond donors (Lipinski definition) is 3.